The van der Waals surface area contributed by atoms with E-state index in [9.17, 15) is 19.2 Å². The first-order valence-corrected chi connectivity index (χ1v) is 11.3. The van der Waals surface area contributed by atoms with Gasteiger partial charge in [0, 0.05) is 6.92 Å². The fourth-order valence-electron chi connectivity index (χ4n) is 2.65. The van der Waals surface area contributed by atoms with E-state index in [0.717, 1.165) is 0 Å². The Morgan fingerprint density at radius 3 is 1.42 bits per heavy atom. The monoisotopic (exact) mass is 529 g/mol. The Labute approximate surface area is 221 Å². The second-order valence-electron chi connectivity index (χ2n) is 8.45. The molecule has 0 aromatic carbocycles. The normalized spacial score (nSPS) is 11.8. The van der Waals surface area contributed by atoms with Crippen molar-refractivity contribution < 1.29 is 42.9 Å². The molecule has 0 saturated carbocycles. The highest BCUT2D eigenvalue weighted by Gasteiger charge is 2.37. The molecule has 0 amide bonds. The third-order valence-electron chi connectivity index (χ3n) is 5.56. The summed E-state index contributed by atoms with van der Waals surface area (Å²) >= 11 is 0. The topological polar surface area (TPSA) is 166 Å². The Hall–Kier alpha value is -4.47. The smallest absolute Gasteiger partial charge is 0.348 e. The molecule has 204 valence electrons. The Balaban J connectivity index is 5.80. The molecule has 0 aliphatic heterocycles. The summed E-state index contributed by atoms with van der Waals surface area (Å²) in [5, 5.41) is 17.7. The van der Waals surface area contributed by atoms with Crippen LogP contribution in [0.15, 0.2) is 36.6 Å². The molecule has 0 aromatic rings. The number of hydrogen-bond donors (Lipinski definition) is 0. The highest BCUT2D eigenvalue weighted by Crippen LogP contribution is 2.29. The Morgan fingerprint density at radius 2 is 1.11 bits per heavy atom. The Kier molecular flexibility index (Phi) is 14.4. The maximum Gasteiger partial charge on any atom is 0.348 e. The van der Waals surface area contributed by atoms with Crippen molar-refractivity contribution in [2.75, 3.05) is 39.6 Å². The summed E-state index contributed by atoms with van der Waals surface area (Å²) in [4.78, 5) is 50.4. The molecule has 0 N–H and O–H groups in total. The minimum atomic E-state index is -1.12. The summed E-state index contributed by atoms with van der Waals surface area (Å²) in [6.45, 7) is 20.1. The minimum Gasteiger partial charge on any atom is -0.470 e. The average Bonchev–Trinajstić information content (AvgIpc) is 2.93. The molecule has 0 rings (SSSR count). The molecule has 0 aromatic heterocycles. The summed E-state index contributed by atoms with van der Waals surface area (Å²) in [5.74, 6) is -3.44. The lowest BCUT2D eigenvalue weighted by Gasteiger charge is -2.35. The lowest BCUT2D eigenvalue weighted by molar-refractivity contribution is -0.159. The molecule has 38 heavy (non-hydrogen) atoms. The maximum absolute atomic E-state index is 12.0. The number of carbonyl (C=O) groups is 4. The number of ether oxygens (including phenoxy) is 5. The molecule has 1 unspecified atom stereocenters. The highest BCUT2D eigenvalue weighted by molar-refractivity contribution is 5.92. The van der Waals surface area contributed by atoms with E-state index in [2.05, 4.69) is 24.6 Å². The van der Waals surface area contributed by atoms with Gasteiger partial charge in [-0.2, -0.15) is 10.5 Å². The Morgan fingerprint density at radius 1 is 0.737 bits per heavy atom. The lowest BCUT2D eigenvalue weighted by atomic mass is 9.86. The number of nitrogens with zero attached hydrogens (tertiary/aromatic N) is 3. The zero-order chi connectivity index (χ0) is 29.4. The third kappa shape index (κ3) is 11.1. The molecule has 12 heteroatoms. The molecule has 0 fully saturated rings. The van der Waals surface area contributed by atoms with Gasteiger partial charge in [-0.25, -0.2) is 14.4 Å². The van der Waals surface area contributed by atoms with Crippen LogP contribution in [0.2, 0.25) is 0 Å². The summed E-state index contributed by atoms with van der Waals surface area (Å²) in [6, 6.07) is 3.16. The maximum atomic E-state index is 12.0. The zero-order valence-corrected chi connectivity index (χ0v) is 21.8. The van der Waals surface area contributed by atoms with Crippen LogP contribution in [-0.2, 0) is 42.9 Å². The Bertz CT molecular complexity index is 1030. The first-order chi connectivity index (χ1) is 17.8. The predicted octanol–water partition coefficient (Wildman–Crippen LogP) is 2.58. The predicted molar refractivity (Wildman–Crippen MR) is 131 cm³/mol. The van der Waals surface area contributed by atoms with Crippen LogP contribution in [0.5, 0.6) is 0 Å². The molecular formula is C26H31N3O9. The standard InChI is InChI=1S/C26H31N3O9/c1-8-25(14-35-21(6)30,17-38-24(33)20(5)29-7)12-34-13-26(9-2,15-36-22(31)18(3)10-27)16-37-23(32)19(4)11-28/h3-5,8-9,12-17H2,1-2,6H3. The molecule has 0 saturated heterocycles. The van der Waals surface area contributed by atoms with Crippen LogP contribution in [0, 0.1) is 40.1 Å². The molecule has 0 heterocycles. The van der Waals surface area contributed by atoms with Crippen LogP contribution in [0.3, 0.4) is 0 Å². The van der Waals surface area contributed by atoms with Gasteiger partial charge in [0.25, 0.3) is 5.70 Å². The van der Waals surface area contributed by atoms with Crippen LogP contribution in [-0.4, -0.2) is 63.5 Å². The largest absolute Gasteiger partial charge is 0.470 e. The van der Waals surface area contributed by atoms with Gasteiger partial charge in [0.1, 0.15) is 49.7 Å². The van der Waals surface area contributed by atoms with Gasteiger partial charge in [-0.05, 0) is 12.8 Å². The summed E-state index contributed by atoms with van der Waals surface area (Å²) < 4.78 is 26.6. The van der Waals surface area contributed by atoms with Crippen molar-refractivity contribution in [2.45, 2.75) is 33.6 Å². The molecule has 1 atom stereocenters. The van der Waals surface area contributed by atoms with Crippen LogP contribution in [0.4, 0.5) is 0 Å². The highest BCUT2D eigenvalue weighted by atomic mass is 16.6. The van der Waals surface area contributed by atoms with Gasteiger partial charge >= 0.3 is 23.9 Å². The van der Waals surface area contributed by atoms with Crippen molar-refractivity contribution in [3.05, 3.63) is 48.0 Å². The molecule has 0 spiro atoms. The number of hydrogen-bond acceptors (Lipinski definition) is 11. The van der Waals surface area contributed by atoms with E-state index in [0.29, 0.717) is 6.42 Å². The van der Waals surface area contributed by atoms with E-state index in [1.807, 2.05) is 0 Å². The zero-order valence-electron chi connectivity index (χ0n) is 21.8. The molecule has 0 aliphatic rings. The van der Waals surface area contributed by atoms with Crippen molar-refractivity contribution in [1.29, 1.82) is 10.5 Å². The lowest BCUT2D eigenvalue weighted by Crippen LogP contribution is -2.42. The first-order valence-electron chi connectivity index (χ1n) is 11.3. The number of nitriles is 2. The summed E-state index contributed by atoms with van der Waals surface area (Å²) in [7, 11) is 0. The van der Waals surface area contributed by atoms with Gasteiger partial charge in [0.2, 0.25) is 0 Å². The van der Waals surface area contributed by atoms with E-state index >= 15 is 0 Å². The van der Waals surface area contributed by atoms with E-state index in [4.69, 9.17) is 40.8 Å². The van der Waals surface area contributed by atoms with Gasteiger partial charge in [-0.15, -0.1) is 0 Å². The van der Waals surface area contributed by atoms with Crippen molar-refractivity contribution >= 4 is 23.9 Å². The van der Waals surface area contributed by atoms with E-state index in [1.54, 1.807) is 26.0 Å². The third-order valence-corrected chi connectivity index (χ3v) is 5.56. The van der Waals surface area contributed by atoms with E-state index < -0.39 is 51.6 Å². The van der Waals surface area contributed by atoms with Crippen molar-refractivity contribution in [2.24, 2.45) is 10.8 Å². The quantitative estimate of drug-likeness (QED) is 0.0893. The van der Waals surface area contributed by atoms with Crippen molar-refractivity contribution in [3.63, 3.8) is 0 Å². The van der Waals surface area contributed by atoms with Gasteiger partial charge in [-0.3, -0.25) is 9.59 Å². The summed E-state index contributed by atoms with van der Waals surface area (Å²) in [5.41, 5.74) is -3.41. The number of carbonyl (C=O) groups excluding carboxylic acids is 4. The fraction of sp³-hybridized carbons (Fsp3) is 0.500. The summed E-state index contributed by atoms with van der Waals surface area (Å²) in [6.07, 6.45) is 0.583. The second-order valence-corrected chi connectivity index (χ2v) is 8.45. The SMILES string of the molecule is [C-]#[N+]C(=C)C(=O)OCC(CC)(COCC(CC)(COC(=O)C(=C)C#N)COC(=O)C(=C)C#N)COC(C)=O. The number of rotatable bonds is 17. The van der Waals surface area contributed by atoms with Gasteiger partial charge in [0.15, 0.2) is 0 Å². The number of esters is 4. The molecule has 0 bridgehead atoms. The van der Waals surface area contributed by atoms with Crippen LogP contribution in [0.1, 0.15) is 33.6 Å². The molecule has 12 nitrogen and oxygen atoms in total. The minimum absolute atomic E-state index is 0.117. The van der Waals surface area contributed by atoms with Crippen molar-refractivity contribution in [3.8, 4) is 12.1 Å². The molecule has 0 radical (unpaired) electrons. The van der Waals surface area contributed by atoms with Crippen LogP contribution >= 0.6 is 0 Å². The van der Waals surface area contributed by atoms with Crippen molar-refractivity contribution in [1.82, 2.24) is 0 Å². The molecular weight excluding hydrogens is 498 g/mol. The van der Waals surface area contributed by atoms with E-state index in [1.165, 1.54) is 6.92 Å². The van der Waals surface area contributed by atoms with E-state index in [-0.39, 0.29) is 46.1 Å². The average molecular weight is 530 g/mol. The van der Waals surface area contributed by atoms with Crippen LogP contribution < -0.4 is 0 Å². The van der Waals surface area contributed by atoms with Gasteiger partial charge in [0.05, 0.1) is 30.6 Å². The second kappa shape index (κ2) is 16.3. The van der Waals surface area contributed by atoms with Gasteiger partial charge < -0.3 is 23.7 Å². The fourth-order valence-corrected chi connectivity index (χ4v) is 2.65. The molecule has 0 aliphatic carbocycles. The van der Waals surface area contributed by atoms with Crippen LogP contribution in [0.25, 0.3) is 4.85 Å². The first kappa shape index (κ1) is 33.5. The van der Waals surface area contributed by atoms with Gasteiger partial charge in [-0.1, -0.05) is 33.6 Å².